The third-order valence-corrected chi connectivity index (χ3v) is 7.14. The molecule has 1 aliphatic heterocycles. The number of rotatable bonds is 9. The lowest BCUT2D eigenvalue weighted by Gasteiger charge is -2.19. The van der Waals surface area contributed by atoms with Gasteiger partial charge in [0, 0.05) is 18.2 Å². The van der Waals surface area contributed by atoms with E-state index in [4.69, 9.17) is 9.47 Å². The number of hydrogen-bond donors (Lipinski definition) is 1. The van der Waals surface area contributed by atoms with E-state index < -0.39 is 0 Å². The molecule has 168 valence electrons. The van der Waals surface area contributed by atoms with Crippen LogP contribution in [0.25, 0.3) is 0 Å². The van der Waals surface area contributed by atoms with Gasteiger partial charge in [-0.25, -0.2) is 4.79 Å². The number of H-pyrrole nitrogens is 1. The van der Waals surface area contributed by atoms with Gasteiger partial charge in [0.15, 0.2) is 0 Å². The van der Waals surface area contributed by atoms with Gasteiger partial charge in [-0.2, -0.15) is 0 Å². The minimum Gasteiger partial charge on any atom is -0.376 e. The second kappa shape index (κ2) is 10.8. The molecular formula is C25H28N2O4S. The molecule has 3 aromatic rings. The second-order valence-corrected chi connectivity index (χ2v) is 9.30. The number of aryl methyl sites for hydroxylation is 1. The maximum absolute atomic E-state index is 12.5. The lowest BCUT2D eigenvalue weighted by Crippen LogP contribution is -2.33. The molecule has 1 N–H and O–H groups in total. The van der Waals surface area contributed by atoms with Crippen molar-refractivity contribution in [3.05, 3.63) is 104 Å². The largest absolute Gasteiger partial charge is 0.376 e. The minimum absolute atomic E-state index is 0.0649. The van der Waals surface area contributed by atoms with Crippen molar-refractivity contribution in [2.24, 2.45) is 0 Å². The van der Waals surface area contributed by atoms with Crippen molar-refractivity contribution >= 4 is 11.8 Å². The zero-order valence-electron chi connectivity index (χ0n) is 18.1. The molecule has 1 aromatic heterocycles. The Labute approximate surface area is 191 Å². The molecule has 1 fully saturated rings. The molecule has 0 spiro atoms. The van der Waals surface area contributed by atoms with Crippen LogP contribution >= 0.6 is 11.8 Å². The molecule has 0 aliphatic carbocycles. The normalized spacial score (nSPS) is 20.5. The van der Waals surface area contributed by atoms with E-state index in [2.05, 4.69) is 4.98 Å². The highest BCUT2D eigenvalue weighted by atomic mass is 32.2. The topological polar surface area (TPSA) is 73.3 Å². The van der Waals surface area contributed by atoms with Crippen molar-refractivity contribution in [2.75, 3.05) is 6.61 Å². The quantitative estimate of drug-likeness (QED) is 0.533. The van der Waals surface area contributed by atoms with E-state index in [1.54, 1.807) is 22.5 Å². The van der Waals surface area contributed by atoms with E-state index in [1.165, 1.54) is 0 Å². The van der Waals surface area contributed by atoms with Crippen LogP contribution < -0.4 is 11.2 Å². The highest BCUT2D eigenvalue weighted by Gasteiger charge is 2.37. The van der Waals surface area contributed by atoms with E-state index >= 15 is 0 Å². The minimum atomic E-state index is -0.377. The van der Waals surface area contributed by atoms with Gasteiger partial charge in [0.1, 0.15) is 0 Å². The van der Waals surface area contributed by atoms with E-state index in [0.717, 1.165) is 11.1 Å². The van der Waals surface area contributed by atoms with Crippen molar-refractivity contribution in [1.29, 1.82) is 0 Å². The Morgan fingerprint density at radius 1 is 1.00 bits per heavy atom. The number of nitrogens with zero attached hydrogens (tertiary/aromatic N) is 1. The molecule has 0 bridgehead atoms. The van der Waals surface area contributed by atoms with Crippen LogP contribution in [0, 0.1) is 0 Å². The first-order valence-corrected chi connectivity index (χ1v) is 11.9. The summed E-state index contributed by atoms with van der Waals surface area (Å²) >= 11 is 1.67. The van der Waals surface area contributed by atoms with Gasteiger partial charge in [0.25, 0.3) is 5.56 Å². The van der Waals surface area contributed by atoms with Crippen LogP contribution in [0.4, 0.5) is 0 Å². The summed E-state index contributed by atoms with van der Waals surface area (Å²) in [5.74, 6) is 0. The molecule has 2 heterocycles. The molecule has 32 heavy (non-hydrogen) atoms. The average molecular weight is 453 g/mol. The van der Waals surface area contributed by atoms with Crippen LogP contribution in [-0.4, -0.2) is 27.5 Å². The maximum Gasteiger partial charge on any atom is 0.329 e. The molecule has 6 nitrogen and oxygen atoms in total. The molecule has 3 atom stereocenters. The molecule has 0 radical (unpaired) electrons. The summed E-state index contributed by atoms with van der Waals surface area (Å²) in [6.07, 6.45) is 2.88. The van der Waals surface area contributed by atoms with Crippen LogP contribution in [0.15, 0.2) is 76.4 Å². The third-order valence-electron chi connectivity index (χ3n) is 5.61. The molecule has 1 saturated heterocycles. The van der Waals surface area contributed by atoms with E-state index in [-0.39, 0.29) is 28.0 Å². The molecular weight excluding hydrogens is 424 g/mol. The van der Waals surface area contributed by atoms with E-state index in [0.29, 0.717) is 38.2 Å². The summed E-state index contributed by atoms with van der Waals surface area (Å²) in [7, 11) is 0. The van der Waals surface area contributed by atoms with Gasteiger partial charge < -0.3 is 9.47 Å². The van der Waals surface area contributed by atoms with E-state index in [1.807, 2.05) is 67.6 Å². The standard InChI is InChI=1S/C25H28N2O4S/c1-2-20-14-27(25(29)26-24(20)28)23-13-21(31-16-19-11-7-4-8-12-19)22(32-23)17-30-15-18-9-5-3-6-10-18/h3-12,14,21-23H,2,13,15-17H2,1H3,(H,26,28,29)/t21-,22+,23-/m0/s1. The zero-order valence-corrected chi connectivity index (χ0v) is 18.9. The lowest BCUT2D eigenvalue weighted by atomic mass is 10.1. The van der Waals surface area contributed by atoms with Gasteiger partial charge in [-0.15, -0.1) is 11.8 Å². The Bertz CT molecular complexity index is 1110. The number of hydrogen-bond acceptors (Lipinski definition) is 5. The Morgan fingerprint density at radius 2 is 1.66 bits per heavy atom. The van der Waals surface area contributed by atoms with Crippen molar-refractivity contribution in [1.82, 2.24) is 9.55 Å². The SMILES string of the molecule is CCc1cn([C@@H]2C[C@H](OCc3ccccc3)[C@@H](COCc3ccccc3)S2)c(=O)[nH]c1=O. The van der Waals surface area contributed by atoms with Crippen LogP contribution in [0.3, 0.4) is 0 Å². The zero-order chi connectivity index (χ0) is 22.3. The van der Waals surface area contributed by atoms with Crippen LogP contribution in [0.2, 0.25) is 0 Å². The summed E-state index contributed by atoms with van der Waals surface area (Å²) in [4.78, 5) is 26.9. The third kappa shape index (κ3) is 5.59. The van der Waals surface area contributed by atoms with Gasteiger partial charge in [0.2, 0.25) is 0 Å². The van der Waals surface area contributed by atoms with Crippen molar-refractivity contribution in [2.45, 2.75) is 49.7 Å². The number of aromatic nitrogens is 2. The van der Waals surface area contributed by atoms with Crippen molar-refractivity contribution in [3.63, 3.8) is 0 Å². The number of thioether (sulfide) groups is 1. The van der Waals surface area contributed by atoms with Crippen molar-refractivity contribution in [3.8, 4) is 0 Å². The van der Waals surface area contributed by atoms with Gasteiger partial charge in [-0.3, -0.25) is 14.3 Å². The summed E-state index contributed by atoms with van der Waals surface area (Å²) in [5.41, 5.74) is 2.15. The fourth-order valence-corrected chi connectivity index (χ4v) is 5.37. The van der Waals surface area contributed by atoms with Gasteiger partial charge in [-0.1, -0.05) is 67.6 Å². The predicted octanol–water partition coefficient (Wildman–Crippen LogP) is 3.91. The summed E-state index contributed by atoms with van der Waals surface area (Å²) in [6.45, 7) is 3.47. The van der Waals surface area contributed by atoms with E-state index in [9.17, 15) is 9.59 Å². The highest BCUT2D eigenvalue weighted by molar-refractivity contribution is 8.00. The molecule has 0 saturated carbocycles. The fraction of sp³-hybridized carbons (Fsp3) is 0.360. The Kier molecular flexibility index (Phi) is 7.63. The number of aromatic amines is 1. The predicted molar refractivity (Wildman–Crippen MR) is 127 cm³/mol. The first kappa shape index (κ1) is 22.6. The van der Waals surface area contributed by atoms with Gasteiger partial charge in [-0.05, 0) is 17.5 Å². The number of nitrogens with one attached hydrogen (secondary N) is 1. The van der Waals surface area contributed by atoms with Crippen LogP contribution in [-0.2, 0) is 29.1 Å². The average Bonchev–Trinajstić information content (AvgIpc) is 3.22. The molecule has 7 heteroatoms. The Hall–Kier alpha value is -2.61. The Balaban J connectivity index is 1.47. The molecule has 1 aliphatic rings. The first-order chi connectivity index (χ1) is 15.6. The monoisotopic (exact) mass is 452 g/mol. The molecule has 2 aromatic carbocycles. The van der Waals surface area contributed by atoms with Gasteiger partial charge in [0.05, 0.1) is 36.5 Å². The van der Waals surface area contributed by atoms with Crippen molar-refractivity contribution < 1.29 is 9.47 Å². The second-order valence-electron chi connectivity index (χ2n) is 7.88. The highest BCUT2D eigenvalue weighted by Crippen LogP contribution is 2.42. The molecule has 4 rings (SSSR count). The lowest BCUT2D eigenvalue weighted by molar-refractivity contribution is 0.0134. The van der Waals surface area contributed by atoms with Crippen LogP contribution in [0.5, 0.6) is 0 Å². The molecule has 0 amide bonds. The summed E-state index contributed by atoms with van der Waals surface area (Å²) in [6, 6.07) is 20.1. The van der Waals surface area contributed by atoms with Crippen LogP contribution in [0.1, 0.15) is 35.4 Å². The summed E-state index contributed by atoms with van der Waals surface area (Å²) in [5, 5.41) is -0.0351. The fourth-order valence-electron chi connectivity index (χ4n) is 3.83. The summed E-state index contributed by atoms with van der Waals surface area (Å²) < 4.78 is 13.9. The Morgan fingerprint density at radius 3 is 2.31 bits per heavy atom. The van der Waals surface area contributed by atoms with Gasteiger partial charge >= 0.3 is 5.69 Å². The first-order valence-electron chi connectivity index (χ1n) is 10.9. The smallest absolute Gasteiger partial charge is 0.329 e. The number of benzene rings is 2. The maximum atomic E-state index is 12.5. The number of ether oxygens (including phenoxy) is 2. The molecule has 0 unspecified atom stereocenters.